The van der Waals surface area contributed by atoms with Gasteiger partial charge in [-0.25, -0.2) is 9.37 Å². The smallest absolute Gasteiger partial charge is 0.262 e. The fourth-order valence-electron chi connectivity index (χ4n) is 2.99. The molecule has 1 unspecified atom stereocenters. The van der Waals surface area contributed by atoms with Gasteiger partial charge in [-0.15, -0.1) is 0 Å². The number of ether oxygens (including phenoxy) is 1. The highest BCUT2D eigenvalue weighted by molar-refractivity contribution is 8.00. The lowest BCUT2D eigenvalue weighted by Crippen LogP contribution is -2.27. The summed E-state index contributed by atoms with van der Waals surface area (Å²) >= 11 is 1.17. The first-order chi connectivity index (χ1) is 14.9. The molecule has 164 valence electrons. The van der Waals surface area contributed by atoms with Crippen molar-refractivity contribution in [1.29, 1.82) is 0 Å². The molecule has 0 saturated carbocycles. The van der Waals surface area contributed by atoms with E-state index in [0.717, 1.165) is 0 Å². The topological polar surface area (TPSA) is 73.2 Å². The number of aromatic nitrogens is 2. The Kier molecular flexibility index (Phi) is 7.81. The van der Waals surface area contributed by atoms with Crippen LogP contribution in [0.4, 0.5) is 10.1 Å². The number of amides is 1. The molecule has 1 N–H and O–H groups in total. The Morgan fingerprint density at radius 3 is 2.61 bits per heavy atom. The van der Waals surface area contributed by atoms with Gasteiger partial charge in [0.1, 0.15) is 5.82 Å². The Labute approximate surface area is 184 Å². The minimum Gasteiger partial charge on any atom is -0.379 e. The SMILES string of the molecule is CC(C)OCCCn1c(SC(C)C(=O)Nc2ccccc2F)nc2ccccc2c1=O. The number of hydrogen-bond acceptors (Lipinski definition) is 5. The molecule has 0 saturated heterocycles. The fourth-order valence-corrected chi connectivity index (χ4v) is 3.92. The first-order valence-corrected chi connectivity index (χ1v) is 11.1. The molecule has 0 bridgehead atoms. The molecule has 0 radical (unpaired) electrons. The van der Waals surface area contributed by atoms with Gasteiger partial charge in [0.05, 0.1) is 27.9 Å². The Morgan fingerprint density at radius 1 is 1.16 bits per heavy atom. The molecule has 1 heterocycles. The summed E-state index contributed by atoms with van der Waals surface area (Å²) in [6, 6.07) is 13.1. The number of fused-ring (bicyclic) bond motifs is 1. The van der Waals surface area contributed by atoms with Crippen LogP contribution in [-0.2, 0) is 16.1 Å². The Balaban J connectivity index is 1.83. The van der Waals surface area contributed by atoms with Crippen LogP contribution < -0.4 is 10.9 Å². The number of nitrogens with zero attached hydrogens (tertiary/aromatic N) is 2. The number of carbonyl (C=O) groups excluding carboxylic acids is 1. The average molecular weight is 444 g/mol. The number of hydrogen-bond donors (Lipinski definition) is 1. The van der Waals surface area contributed by atoms with Gasteiger partial charge in [-0.2, -0.15) is 0 Å². The molecule has 6 nitrogen and oxygen atoms in total. The molecule has 0 aliphatic heterocycles. The van der Waals surface area contributed by atoms with Crippen molar-refractivity contribution in [2.45, 2.75) is 50.2 Å². The fraction of sp³-hybridized carbons (Fsp3) is 0.348. The minimum atomic E-state index is -0.592. The van der Waals surface area contributed by atoms with E-state index in [0.29, 0.717) is 35.6 Å². The van der Waals surface area contributed by atoms with Crippen LogP contribution in [-0.4, -0.2) is 33.4 Å². The van der Waals surface area contributed by atoms with Crippen molar-refractivity contribution in [1.82, 2.24) is 9.55 Å². The molecular weight excluding hydrogens is 417 g/mol. The maximum absolute atomic E-state index is 13.9. The molecule has 2 aromatic carbocycles. The van der Waals surface area contributed by atoms with E-state index in [1.165, 1.54) is 23.9 Å². The van der Waals surface area contributed by atoms with E-state index in [1.54, 1.807) is 41.8 Å². The van der Waals surface area contributed by atoms with Crippen LogP contribution in [0.5, 0.6) is 0 Å². The number of carbonyl (C=O) groups is 1. The van der Waals surface area contributed by atoms with Crippen LogP contribution in [0.2, 0.25) is 0 Å². The third-order valence-corrected chi connectivity index (χ3v) is 5.68. The van der Waals surface area contributed by atoms with E-state index in [9.17, 15) is 14.0 Å². The largest absolute Gasteiger partial charge is 0.379 e. The van der Waals surface area contributed by atoms with Crippen LogP contribution >= 0.6 is 11.8 Å². The van der Waals surface area contributed by atoms with Crippen LogP contribution in [0, 0.1) is 5.82 Å². The van der Waals surface area contributed by atoms with Gasteiger partial charge < -0.3 is 10.1 Å². The summed E-state index contributed by atoms with van der Waals surface area (Å²) in [5.74, 6) is -0.869. The quantitative estimate of drug-likeness (QED) is 0.300. The third kappa shape index (κ3) is 5.92. The summed E-state index contributed by atoms with van der Waals surface area (Å²) in [6.45, 7) is 6.56. The van der Waals surface area contributed by atoms with Crippen molar-refractivity contribution in [2.75, 3.05) is 11.9 Å². The molecule has 3 aromatic rings. The van der Waals surface area contributed by atoms with Crippen molar-refractivity contribution < 1.29 is 13.9 Å². The second-order valence-electron chi connectivity index (χ2n) is 7.37. The van der Waals surface area contributed by atoms with E-state index in [1.807, 2.05) is 19.9 Å². The van der Waals surface area contributed by atoms with E-state index < -0.39 is 11.1 Å². The van der Waals surface area contributed by atoms with Crippen molar-refractivity contribution >= 4 is 34.3 Å². The second-order valence-corrected chi connectivity index (χ2v) is 8.68. The van der Waals surface area contributed by atoms with E-state index >= 15 is 0 Å². The lowest BCUT2D eigenvalue weighted by atomic mass is 10.2. The molecule has 0 aliphatic rings. The molecule has 0 fully saturated rings. The van der Waals surface area contributed by atoms with E-state index in [4.69, 9.17) is 4.74 Å². The molecule has 8 heteroatoms. The predicted molar refractivity (Wildman–Crippen MR) is 122 cm³/mol. The molecule has 1 atom stereocenters. The molecule has 31 heavy (non-hydrogen) atoms. The number of nitrogens with one attached hydrogen (secondary N) is 1. The standard InChI is InChI=1S/C23H26FN3O3S/c1-15(2)30-14-8-13-27-22(29)17-9-4-6-11-19(17)26-23(27)31-16(3)21(28)25-20-12-7-5-10-18(20)24/h4-7,9-12,15-16H,8,13-14H2,1-3H3,(H,25,28). The first kappa shape index (κ1) is 23.0. The molecular formula is C23H26FN3O3S. The third-order valence-electron chi connectivity index (χ3n) is 4.59. The zero-order chi connectivity index (χ0) is 22.4. The Hall–Kier alpha value is -2.71. The number of rotatable bonds is 9. The lowest BCUT2D eigenvalue weighted by Gasteiger charge is -2.17. The molecule has 0 aliphatic carbocycles. The summed E-state index contributed by atoms with van der Waals surface area (Å²) in [5.41, 5.74) is 0.542. The predicted octanol–water partition coefficient (Wildman–Crippen LogP) is 4.47. The van der Waals surface area contributed by atoms with Gasteiger partial charge in [0, 0.05) is 13.2 Å². The highest BCUT2D eigenvalue weighted by Gasteiger charge is 2.20. The maximum Gasteiger partial charge on any atom is 0.262 e. The number of halogens is 1. The molecule has 1 amide bonds. The normalized spacial score (nSPS) is 12.3. The zero-order valence-electron chi connectivity index (χ0n) is 17.8. The monoisotopic (exact) mass is 443 g/mol. The van der Waals surface area contributed by atoms with Gasteiger partial charge in [-0.3, -0.25) is 14.2 Å². The average Bonchev–Trinajstić information content (AvgIpc) is 2.74. The molecule has 0 spiro atoms. The first-order valence-electron chi connectivity index (χ1n) is 10.2. The minimum absolute atomic E-state index is 0.113. The summed E-state index contributed by atoms with van der Waals surface area (Å²) in [5, 5.41) is 2.98. The number of anilines is 1. The van der Waals surface area contributed by atoms with Crippen molar-refractivity contribution in [3.8, 4) is 0 Å². The van der Waals surface area contributed by atoms with Crippen LogP contribution in [0.25, 0.3) is 10.9 Å². The van der Waals surface area contributed by atoms with E-state index in [-0.39, 0.29) is 23.3 Å². The highest BCUT2D eigenvalue weighted by Crippen LogP contribution is 2.24. The van der Waals surface area contributed by atoms with Crippen molar-refractivity contribution in [3.05, 3.63) is 64.7 Å². The van der Waals surface area contributed by atoms with Crippen LogP contribution in [0.1, 0.15) is 27.2 Å². The number of thioether (sulfide) groups is 1. The van der Waals surface area contributed by atoms with Crippen molar-refractivity contribution in [3.63, 3.8) is 0 Å². The zero-order valence-corrected chi connectivity index (χ0v) is 18.6. The Morgan fingerprint density at radius 2 is 1.87 bits per heavy atom. The van der Waals surface area contributed by atoms with Gasteiger partial charge in [0.15, 0.2) is 5.16 Å². The molecule has 1 aromatic heterocycles. The molecule has 3 rings (SSSR count). The van der Waals surface area contributed by atoms with E-state index in [2.05, 4.69) is 10.3 Å². The van der Waals surface area contributed by atoms with Gasteiger partial charge in [0.2, 0.25) is 5.91 Å². The highest BCUT2D eigenvalue weighted by atomic mass is 32.2. The summed E-state index contributed by atoms with van der Waals surface area (Å²) in [6.07, 6.45) is 0.754. The second kappa shape index (κ2) is 10.5. The van der Waals surface area contributed by atoms with Gasteiger partial charge >= 0.3 is 0 Å². The number of benzene rings is 2. The van der Waals surface area contributed by atoms with Gasteiger partial charge in [-0.05, 0) is 51.5 Å². The summed E-state index contributed by atoms with van der Waals surface area (Å²) in [7, 11) is 0. The van der Waals surface area contributed by atoms with Gasteiger partial charge in [-0.1, -0.05) is 36.0 Å². The van der Waals surface area contributed by atoms with Crippen molar-refractivity contribution in [2.24, 2.45) is 0 Å². The van der Waals surface area contributed by atoms with Gasteiger partial charge in [0.25, 0.3) is 5.56 Å². The van der Waals surface area contributed by atoms with Crippen LogP contribution in [0.3, 0.4) is 0 Å². The lowest BCUT2D eigenvalue weighted by molar-refractivity contribution is -0.115. The maximum atomic E-state index is 13.9. The summed E-state index contributed by atoms with van der Waals surface area (Å²) in [4.78, 5) is 30.3. The Bertz CT molecular complexity index is 1120. The number of para-hydroxylation sites is 2. The summed E-state index contributed by atoms with van der Waals surface area (Å²) < 4.78 is 21.0. The van der Waals surface area contributed by atoms with Crippen LogP contribution in [0.15, 0.2) is 58.5 Å².